The predicted octanol–water partition coefficient (Wildman–Crippen LogP) is 6.05. The van der Waals surface area contributed by atoms with Crippen LogP contribution in [0.25, 0.3) is 0 Å². The first-order valence-electron chi connectivity index (χ1n) is 13.7. The van der Waals surface area contributed by atoms with Crippen LogP contribution in [0.3, 0.4) is 0 Å². The summed E-state index contributed by atoms with van der Waals surface area (Å²) in [6, 6.07) is 11.9. The second-order valence-electron chi connectivity index (χ2n) is 11.1. The number of benzene rings is 2. The van der Waals surface area contributed by atoms with Crippen LogP contribution in [0.2, 0.25) is 5.02 Å². The molecule has 2 aliphatic heterocycles. The molecular weight excluding hydrogens is 580 g/mol. The largest absolute Gasteiger partial charge is 0.465 e. The van der Waals surface area contributed by atoms with E-state index >= 15 is 4.39 Å². The molecule has 1 saturated carbocycles. The molecule has 2 aromatic rings. The minimum absolute atomic E-state index is 0.203. The van der Waals surface area contributed by atoms with E-state index in [4.69, 9.17) is 27.9 Å². The second-order valence-corrected chi connectivity index (χ2v) is 12.0. The Morgan fingerprint density at radius 3 is 2.60 bits per heavy atom. The average molecular weight is 613 g/mol. The van der Waals surface area contributed by atoms with Crippen LogP contribution in [-0.2, 0) is 26.4 Å². The lowest BCUT2D eigenvalue weighted by Gasteiger charge is -2.37. The fourth-order valence-corrected chi connectivity index (χ4v) is 6.42. The Bertz CT molecular complexity index is 1490. The van der Waals surface area contributed by atoms with Crippen molar-refractivity contribution in [1.82, 2.24) is 9.80 Å². The maximum atomic E-state index is 16.5. The molecule has 5 rings (SSSR count). The molecule has 1 unspecified atom stereocenters. The van der Waals surface area contributed by atoms with E-state index < -0.39 is 29.2 Å². The van der Waals surface area contributed by atoms with Gasteiger partial charge in [0.25, 0.3) is 0 Å². The molecule has 3 aliphatic rings. The van der Waals surface area contributed by atoms with E-state index in [-0.39, 0.29) is 29.9 Å². The van der Waals surface area contributed by atoms with E-state index in [2.05, 4.69) is 11.9 Å². The van der Waals surface area contributed by atoms with Crippen molar-refractivity contribution in [3.8, 4) is 0 Å². The van der Waals surface area contributed by atoms with E-state index in [0.717, 1.165) is 18.4 Å². The van der Waals surface area contributed by atoms with Crippen LogP contribution in [0, 0.1) is 17.8 Å². The molecule has 2 heterocycles. The van der Waals surface area contributed by atoms with Crippen molar-refractivity contribution in [3.05, 3.63) is 99.8 Å². The number of hydrogen-bond acceptors (Lipinski definition) is 5. The van der Waals surface area contributed by atoms with Gasteiger partial charge in [0.1, 0.15) is 11.4 Å². The van der Waals surface area contributed by atoms with Crippen molar-refractivity contribution in [2.24, 2.45) is 17.8 Å². The van der Waals surface area contributed by atoms with E-state index in [1.54, 1.807) is 54.4 Å². The van der Waals surface area contributed by atoms with Gasteiger partial charge in [-0.1, -0.05) is 54.1 Å². The molecule has 2 fully saturated rings. The zero-order chi connectivity index (χ0) is 30.2. The second kappa shape index (κ2) is 12.0. The summed E-state index contributed by atoms with van der Waals surface area (Å²) < 4.78 is 21.2. The number of allylic oxidation sites excluding steroid dienone is 4. The molecule has 1 saturated heterocycles. The maximum Gasteiger partial charge on any atom is 0.337 e. The van der Waals surface area contributed by atoms with Gasteiger partial charge in [-0.3, -0.25) is 14.5 Å². The highest BCUT2D eigenvalue weighted by atomic mass is 35.5. The number of hydrogen-bond donors (Lipinski definition) is 1. The standard InChI is InChI=1S/C32H32Cl2FN3O4/c1-19(33)5-4-6-26(35)28-24(29(39)37(2)16-20-9-11-22(12-10-20)30(40)42-3)18-38(17-21-7-8-21)32(28)25-14-13-23(34)15-27(25)36-31(32)41/h4-6,9-15,21,24,28H,1,7-8,16-18H2,2-3H3,(H,36,41)/b5-4-,26-6-/t24-,28?,32-/m1/s1. The van der Waals surface area contributed by atoms with Crippen molar-refractivity contribution in [2.45, 2.75) is 24.9 Å². The number of anilines is 1. The fourth-order valence-electron chi connectivity index (χ4n) is 6.18. The van der Waals surface area contributed by atoms with Crippen molar-refractivity contribution in [2.75, 3.05) is 32.6 Å². The lowest BCUT2D eigenvalue weighted by molar-refractivity contribution is -0.136. The third kappa shape index (κ3) is 5.63. The SMILES string of the molecule is C=C(Cl)/C=C\C=C(/F)C1[C@H](C(=O)N(C)Cc2ccc(C(=O)OC)cc2)CN(CC2CC2)[C@@]12C(=O)Nc1cc(Cl)ccc12. The fraction of sp³-hybridized carbons (Fsp3) is 0.344. The van der Waals surface area contributed by atoms with Gasteiger partial charge in [-0.2, -0.15) is 0 Å². The number of halogens is 3. The Morgan fingerprint density at radius 2 is 1.95 bits per heavy atom. The van der Waals surface area contributed by atoms with Crippen molar-refractivity contribution >= 4 is 46.7 Å². The van der Waals surface area contributed by atoms with E-state index in [1.807, 2.05) is 4.90 Å². The van der Waals surface area contributed by atoms with Gasteiger partial charge in [-0.05, 0) is 60.7 Å². The number of rotatable bonds is 9. The first kappa shape index (κ1) is 30.0. The molecule has 1 spiro atoms. The number of esters is 1. The van der Waals surface area contributed by atoms with E-state index in [1.165, 1.54) is 25.3 Å². The number of carbonyl (C=O) groups excluding carboxylic acids is 3. The smallest absolute Gasteiger partial charge is 0.337 e. The Balaban J connectivity index is 1.54. The van der Waals surface area contributed by atoms with Gasteiger partial charge in [-0.25, -0.2) is 9.18 Å². The molecule has 7 nitrogen and oxygen atoms in total. The van der Waals surface area contributed by atoms with Crippen molar-refractivity contribution in [3.63, 3.8) is 0 Å². The molecule has 3 atom stereocenters. The minimum Gasteiger partial charge on any atom is -0.465 e. The first-order valence-corrected chi connectivity index (χ1v) is 14.5. The number of nitrogens with zero attached hydrogens (tertiary/aromatic N) is 2. The van der Waals surface area contributed by atoms with Crippen LogP contribution < -0.4 is 5.32 Å². The van der Waals surface area contributed by atoms with Gasteiger partial charge in [0.2, 0.25) is 11.8 Å². The monoisotopic (exact) mass is 611 g/mol. The molecule has 42 heavy (non-hydrogen) atoms. The molecule has 0 aromatic heterocycles. The minimum atomic E-state index is -1.43. The number of likely N-dealkylation sites (tertiary alicyclic amines) is 1. The average Bonchev–Trinajstić information content (AvgIpc) is 3.65. The topological polar surface area (TPSA) is 79.0 Å². The Kier molecular flexibility index (Phi) is 8.60. The summed E-state index contributed by atoms with van der Waals surface area (Å²) in [6.07, 6.45) is 6.18. The highest BCUT2D eigenvalue weighted by Crippen LogP contribution is 2.57. The van der Waals surface area contributed by atoms with Crippen LogP contribution in [0.15, 0.2) is 78.1 Å². The normalized spacial score (nSPS) is 23.7. The summed E-state index contributed by atoms with van der Waals surface area (Å²) >= 11 is 12.1. The molecular formula is C32H32Cl2FN3O4. The van der Waals surface area contributed by atoms with Crippen LogP contribution in [0.5, 0.6) is 0 Å². The predicted molar refractivity (Wildman–Crippen MR) is 161 cm³/mol. The van der Waals surface area contributed by atoms with Crippen LogP contribution in [0.4, 0.5) is 10.1 Å². The van der Waals surface area contributed by atoms with Crippen molar-refractivity contribution < 1.29 is 23.5 Å². The van der Waals surface area contributed by atoms with E-state index in [9.17, 15) is 14.4 Å². The van der Waals surface area contributed by atoms with Gasteiger partial charge in [0.05, 0.1) is 24.5 Å². The van der Waals surface area contributed by atoms with Gasteiger partial charge >= 0.3 is 5.97 Å². The summed E-state index contributed by atoms with van der Waals surface area (Å²) in [4.78, 5) is 43.5. The van der Waals surface area contributed by atoms with Gasteiger partial charge in [-0.15, -0.1) is 0 Å². The van der Waals surface area contributed by atoms with Gasteiger partial charge < -0.3 is 15.0 Å². The summed E-state index contributed by atoms with van der Waals surface area (Å²) in [7, 11) is 2.97. The number of nitrogens with one attached hydrogen (secondary N) is 1. The molecule has 1 N–H and O–H groups in total. The molecule has 10 heteroatoms. The highest BCUT2D eigenvalue weighted by Gasteiger charge is 2.66. The number of amides is 2. The maximum absolute atomic E-state index is 16.5. The first-order chi connectivity index (χ1) is 20.1. The van der Waals surface area contributed by atoms with Crippen molar-refractivity contribution in [1.29, 1.82) is 0 Å². The summed E-state index contributed by atoms with van der Waals surface area (Å²) in [5.74, 6) is -3.32. The number of ether oxygens (including phenoxy) is 1. The Morgan fingerprint density at radius 1 is 1.24 bits per heavy atom. The zero-order valence-electron chi connectivity index (χ0n) is 23.4. The van der Waals surface area contributed by atoms with Crippen LogP contribution >= 0.6 is 23.2 Å². The lowest BCUT2D eigenvalue weighted by Crippen LogP contribution is -2.52. The third-order valence-corrected chi connectivity index (χ3v) is 8.61. The highest BCUT2D eigenvalue weighted by molar-refractivity contribution is 6.31. The summed E-state index contributed by atoms with van der Waals surface area (Å²) in [5.41, 5.74) is 0.875. The lowest BCUT2D eigenvalue weighted by atomic mass is 9.74. The molecule has 2 aromatic carbocycles. The molecule has 0 bridgehead atoms. The van der Waals surface area contributed by atoms with Crippen LogP contribution in [0.1, 0.15) is 34.3 Å². The Hall–Kier alpha value is -3.46. The zero-order valence-corrected chi connectivity index (χ0v) is 24.9. The third-order valence-electron chi connectivity index (χ3n) is 8.25. The summed E-state index contributed by atoms with van der Waals surface area (Å²) in [6.45, 7) is 4.60. The molecule has 2 amide bonds. The molecule has 220 valence electrons. The quantitative estimate of drug-likeness (QED) is 0.276. The molecule has 0 radical (unpaired) electrons. The number of fused-ring (bicyclic) bond motifs is 2. The van der Waals surface area contributed by atoms with Gasteiger partial charge in [0.15, 0.2) is 0 Å². The Labute approximate surface area is 254 Å². The number of carbonyl (C=O) groups is 3. The van der Waals surface area contributed by atoms with E-state index in [0.29, 0.717) is 34.3 Å². The molecule has 1 aliphatic carbocycles. The summed E-state index contributed by atoms with van der Waals surface area (Å²) in [5, 5.41) is 3.59. The van der Waals surface area contributed by atoms with Crippen LogP contribution in [-0.4, -0.2) is 54.8 Å². The number of methoxy groups -OCH3 is 1. The van der Waals surface area contributed by atoms with Gasteiger partial charge in [0, 0.05) is 48.0 Å².